The summed E-state index contributed by atoms with van der Waals surface area (Å²) < 4.78 is 0. The molecule has 0 fully saturated rings. The second-order valence-corrected chi connectivity index (χ2v) is 4.24. The van der Waals surface area contributed by atoms with Crippen LogP contribution >= 0.6 is 0 Å². The third-order valence-corrected chi connectivity index (χ3v) is 2.90. The number of nitrogens with zero attached hydrogens (tertiary/aromatic N) is 2. The summed E-state index contributed by atoms with van der Waals surface area (Å²) in [5.74, 6) is 0.302. The van der Waals surface area contributed by atoms with Gasteiger partial charge in [-0.15, -0.1) is 0 Å². The highest BCUT2D eigenvalue weighted by Crippen LogP contribution is 2.19. The van der Waals surface area contributed by atoms with Crippen molar-refractivity contribution in [3.05, 3.63) is 60.4 Å². The molecule has 0 aliphatic heterocycles. The fourth-order valence-electron chi connectivity index (χ4n) is 1.90. The number of fused-ring (bicyclic) bond motifs is 1. The number of para-hydroxylation sites is 1. The molecule has 0 bridgehead atoms. The zero-order valence-corrected chi connectivity index (χ0v) is 10.4. The first-order valence-corrected chi connectivity index (χ1v) is 6.04. The second kappa shape index (κ2) is 4.97. The van der Waals surface area contributed by atoms with Crippen molar-refractivity contribution < 1.29 is 9.90 Å². The van der Waals surface area contributed by atoms with Gasteiger partial charge in [-0.05, 0) is 36.4 Å². The Balaban J connectivity index is 1.93. The number of carbonyl (C=O) groups is 1. The molecule has 0 unspecified atom stereocenters. The highest BCUT2D eigenvalue weighted by molar-refractivity contribution is 6.07. The number of hydrogen-bond acceptors (Lipinski definition) is 4. The van der Waals surface area contributed by atoms with E-state index < -0.39 is 0 Å². The topological polar surface area (TPSA) is 75.1 Å². The first kappa shape index (κ1) is 12.1. The molecule has 3 rings (SSSR count). The highest BCUT2D eigenvalue weighted by atomic mass is 16.3. The number of rotatable bonds is 2. The van der Waals surface area contributed by atoms with Crippen molar-refractivity contribution in [1.29, 1.82) is 0 Å². The molecule has 2 N–H and O–H groups in total. The van der Waals surface area contributed by atoms with Gasteiger partial charge in [0.15, 0.2) is 0 Å². The van der Waals surface area contributed by atoms with Crippen molar-refractivity contribution in [1.82, 2.24) is 9.97 Å². The number of hydrogen-bond donors (Lipinski definition) is 2. The van der Waals surface area contributed by atoms with E-state index in [-0.39, 0.29) is 11.7 Å². The van der Waals surface area contributed by atoms with E-state index in [9.17, 15) is 9.90 Å². The molecule has 0 saturated heterocycles. The minimum absolute atomic E-state index is 0.119. The van der Waals surface area contributed by atoms with E-state index in [0.29, 0.717) is 11.4 Å². The predicted molar refractivity (Wildman–Crippen MR) is 75.6 cm³/mol. The Bertz CT molecular complexity index is 764. The molecule has 3 aromatic rings. The van der Waals surface area contributed by atoms with E-state index >= 15 is 0 Å². The summed E-state index contributed by atoms with van der Waals surface area (Å²) in [7, 11) is 0. The molecule has 1 aromatic heterocycles. The average molecular weight is 265 g/mol. The maximum Gasteiger partial charge on any atom is 0.256 e. The molecular formula is C15H11N3O2. The number of benzene rings is 2. The Hall–Kier alpha value is -2.95. The minimum Gasteiger partial charge on any atom is -0.508 e. The number of anilines is 1. The number of carbonyl (C=O) groups excluding carboxylic acids is 1. The van der Waals surface area contributed by atoms with Crippen molar-refractivity contribution >= 4 is 22.6 Å². The van der Waals surface area contributed by atoms with E-state index in [1.54, 1.807) is 12.1 Å². The molecule has 0 radical (unpaired) electrons. The number of phenolic OH excluding ortho intramolecular Hbond substituents is 1. The van der Waals surface area contributed by atoms with Gasteiger partial charge in [-0.1, -0.05) is 12.1 Å². The van der Waals surface area contributed by atoms with E-state index in [1.807, 2.05) is 24.3 Å². The van der Waals surface area contributed by atoms with Crippen molar-refractivity contribution in [2.24, 2.45) is 0 Å². The zero-order valence-electron chi connectivity index (χ0n) is 10.4. The molecule has 0 aliphatic rings. The quantitative estimate of drug-likeness (QED) is 0.746. The lowest BCUT2D eigenvalue weighted by molar-refractivity contribution is 0.102. The van der Waals surface area contributed by atoms with Crippen LogP contribution in [0.1, 0.15) is 10.4 Å². The third-order valence-electron chi connectivity index (χ3n) is 2.90. The zero-order chi connectivity index (χ0) is 13.9. The van der Waals surface area contributed by atoms with Crippen LogP contribution in [0.5, 0.6) is 5.75 Å². The third kappa shape index (κ3) is 2.29. The molecule has 5 heteroatoms. The van der Waals surface area contributed by atoms with Gasteiger partial charge in [0.25, 0.3) is 5.91 Å². The van der Waals surface area contributed by atoms with Gasteiger partial charge in [-0.2, -0.15) is 0 Å². The molecule has 0 saturated carbocycles. The van der Waals surface area contributed by atoms with Gasteiger partial charge < -0.3 is 10.4 Å². The Labute approximate surface area is 114 Å². The maximum atomic E-state index is 12.1. The van der Waals surface area contributed by atoms with Crippen LogP contribution < -0.4 is 5.32 Å². The molecule has 20 heavy (non-hydrogen) atoms. The standard InChI is InChI=1S/C15H11N3O2/c19-11-7-5-10(6-8-11)15(20)18-14-12-3-1-2-4-13(12)16-9-17-14/h1-9,19H,(H,16,17,18,20). The van der Waals surface area contributed by atoms with Gasteiger partial charge in [0, 0.05) is 10.9 Å². The number of amides is 1. The van der Waals surface area contributed by atoms with Crippen LogP contribution in [0, 0.1) is 0 Å². The normalized spacial score (nSPS) is 10.4. The number of aromatic hydroxyl groups is 1. The summed E-state index contributed by atoms with van der Waals surface area (Å²) in [6, 6.07) is 13.5. The van der Waals surface area contributed by atoms with Crippen LogP contribution in [0.15, 0.2) is 54.9 Å². The van der Waals surface area contributed by atoms with Gasteiger partial charge in [0.1, 0.15) is 17.9 Å². The van der Waals surface area contributed by atoms with Crippen LogP contribution in [0.25, 0.3) is 10.9 Å². The van der Waals surface area contributed by atoms with E-state index in [4.69, 9.17) is 0 Å². The molecule has 1 amide bonds. The number of phenols is 1. The Morgan fingerprint density at radius 2 is 1.75 bits per heavy atom. The predicted octanol–water partition coefficient (Wildman–Crippen LogP) is 2.59. The SMILES string of the molecule is O=C(Nc1ncnc2ccccc12)c1ccc(O)cc1. The fraction of sp³-hybridized carbons (Fsp3) is 0. The molecule has 0 atom stereocenters. The van der Waals surface area contributed by atoms with Gasteiger partial charge in [0.05, 0.1) is 5.52 Å². The summed E-state index contributed by atoms with van der Waals surface area (Å²) in [6.45, 7) is 0. The first-order chi connectivity index (χ1) is 9.74. The van der Waals surface area contributed by atoms with Crippen LogP contribution in [-0.4, -0.2) is 21.0 Å². The Morgan fingerprint density at radius 3 is 2.55 bits per heavy atom. The van der Waals surface area contributed by atoms with Crippen molar-refractivity contribution in [2.45, 2.75) is 0 Å². The van der Waals surface area contributed by atoms with E-state index in [2.05, 4.69) is 15.3 Å². The van der Waals surface area contributed by atoms with Gasteiger partial charge in [-0.3, -0.25) is 4.79 Å². The smallest absolute Gasteiger partial charge is 0.256 e. The molecule has 98 valence electrons. The Kier molecular flexibility index (Phi) is 3.01. The molecule has 0 spiro atoms. The van der Waals surface area contributed by atoms with E-state index in [0.717, 1.165) is 10.9 Å². The maximum absolute atomic E-state index is 12.1. The summed E-state index contributed by atoms with van der Waals surface area (Å²) in [4.78, 5) is 20.4. The van der Waals surface area contributed by atoms with Crippen LogP contribution in [0.2, 0.25) is 0 Å². The lowest BCUT2D eigenvalue weighted by atomic mass is 10.2. The van der Waals surface area contributed by atoms with Crippen LogP contribution in [-0.2, 0) is 0 Å². The fourth-order valence-corrected chi connectivity index (χ4v) is 1.90. The van der Waals surface area contributed by atoms with Crippen LogP contribution in [0.4, 0.5) is 5.82 Å². The minimum atomic E-state index is -0.283. The number of aromatic nitrogens is 2. The van der Waals surface area contributed by atoms with Gasteiger partial charge in [0.2, 0.25) is 0 Å². The summed E-state index contributed by atoms with van der Waals surface area (Å²) in [5.41, 5.74) is 1.22. The molecular weight excluding hydrogens is 254 g/mol. The highest BCUT2D eigenvalue weighted by Gasteiger charge is 2.09. The number of nitrogens with one attached hydrogen (secondary N) is 1. The summed E-state index contributed by atoms with van der Waals surface area (Å²) in [5, 5.41) is 12.7. The summed E-state index contributed by atoms with van der Waals surface area (Å²) in [6.07, 6.45) is 1.41. The van der Waals surface area contributed by atoms with Crippen molar-refractivity contribution in [3.63, 3.8) is 0 Å². The van der Waals surface area contributed by atoms with Crippen molar-refractivity contribution in [3.8, 4) is 5.75 Å². The molecule has 2 aromatic carbocycles. The lowest BCUT2D eigenvalue weighted by Gasteiger charge is -2.07. The lowest BCUT2D eigenvalue weighted by Crippen LogP contribution is -2.13. The van der Waals surface area contributed by atoms with Gasteiger partial charge in [-0.25, -0.2) is 9.97 Å². The summed E-state index contributed by atoms with van der Waals surface area (Å²) >= 11 is 0. The second-order valence-electron chi connectivity index (χ2n) is 4.24. The molecule has 1 heterocycles. The van der Waals surface area contributed by atoms with Crippen molar-refractivity contribution in [2.75, 3.05) is 5.32 Å². The molecule has 5 nitrogen and oxygen atoms in total. The van der Waals surface area contributed by atoms with E-state index in [1.165, 1.54) is 18.5 Å². The Morgan fingerprint density at radius 1 is 1.00 bits per heavy atom. The molecule has 0 aliphatic carbocycles. The van der Waals surface area contributed by atoms with Crippen LogP contribution in [0.3, 0.4) is 0 Å². The first-order valence-electron chi connectivity index (χ1n) is 6.04. The average Bonchev–Trinajstić information content (AvgIpc) is 2.48. The van der Waals surface area contributed by atoms with Gasteiger partial charge >= 0.3 is 0 Å². The monoisotopic (exact) mass is 265 g/mol. The largest absolute Gasteiger partial charge is 0.508 e.